The van der Waals surface area contributed by atoms with E-state index in [1.54, 1.807) is 29.1 Å². The normalized spacial score (nSPS) is 17.9. The fraction of sp³-hybridized carbons (Fsp3) is 0.500. The summed E-state index contributed by atoms with van der Waals surface area (Å²) < 4.78 is 36.8. The summed E-state index contributed by atoms with van der Waals surface area (Å²) in [6.45, 7) is 6.79. The van der Waals surface area contributed by atoms with Crippen molar-refractivity contribution in [3.63, 3.8) is 0 Å². The van der Waals surface area contributed by atoms with Gasteiger partial charge in [-0.2, -0.15) is 5.10 Å². The zero-order valence-corrected chi connectivity index (χ0v) is 19.3. The van der Waals surface area contributed by atoms with E-state index in [1.165, 1.54) is 0 Å². The van der Waals surface area contributed by atoms with Gasteiger partial charge in [0.25, 0.3) is 5.91 Å². The summed E-state index contributed by atoms with van der Waals surface area (Å²) in [6.07, 6.45) is 2.86. The Morgan fingerprint density at radius 2 is 2.22 bits per heavy atom. The first-order valence-corrected chi connectivity index (χ1v) is 12.6. The summed E-state index contributed by atoms with van der Waals surface area (Å²) in [5.74, 6) is 0.432. The maximum atomic E-state index is 13.1. The van der Waals surface area contributed by atoms with Crippen LogP contribution in [-0.4, -0.2) is 59.9 Å². The van der Waals surface area contributed by atoms with Crippen molar-refractivity contribution in [2.45, 2.75) is 45.8 Å². The van der Waals surface area contributed by atoms with Crippen LogP contribution in [0.2, 0.25) is 0 Å². The van der Waals surface area contributed by atoms with Gasteiger partial charge in [0.15, 0.2) is 21.2 Å². The van der Waals surface area contributed by atoms with E-state index in [0.717, 1.165) is 0 Å². The van der Waals surface area contributed by atoms with Crippen LogP contribution in [0.25, 0.3) is 22.5 Å². The molecule has 0 aromatic carbocycles. The molecule has 1 N–H and O–H groups in total. The van der Waals surface area contributed by atoms with Gasteiger partial charge in [-0.3, -0.25) is 4.79 Å². The number of sulfone groups is 1. The number of aryl methyl sites for hydroxylation is 1. The van der Waals surface area contributed by atoms with E-state index in [9.17, 15) is 13.2 Å². The number of hydrogen-bond acceptors (Lipinski definition) is 7. The third-order valence-corrected chi connectivity index (χ3v) is 7.22. The number of ether oxygens (including phenoxy) is 1. The maximum absolute atomic E-state index is 13.1. The number of nitrogens with zero attached hydrogens (tertiary/aromatic N) is 3. The third-order valence-electron chi connectivity index (χ3n) is 5.47. The minimum Gasteiger partial charge on any atom is -0.463 e. The Labute approximate surface area is 187 Å². The number of aromatic nitrogens is 3. The molecule has 1 atom stereocenters. The number of carbonyl (C=O) groups is 1. The van der Waals surface area contributed by atoms with Crippen molar-refractivity contribution in [1.82, 2.24) is 20.1 Å². The van der Waals surface area contributed by atoms with Crippen LogP contribution < -0.4 is 5.32 Å². The zero-order chi connectivity index (χ0) is 22.9. The van der Waals surface area contributed by atoms with Gasteiger partial charge in [0.1, 0.15) is 5.69 Å². The van der Waals surface area contributed by atoms with Crippen LogP contribution in [0.4, 0.5) is 0 Å². The van der Waals surface area contributed by atoms with Crippen molar-refractivity contribution >= 4 is 26.8 Å². The van der Waals surface area contributed by atoms with E-state index >= 15 is 0 Å². The molecule has 0 unspecified atom stereocenters. The lowest BCUT2D eigenvalue weighted by Gasteiger charge is -2.12. The van der Waals surface area contributed by atoms with Crippen molar-refractivity contribution in [3.8, 4) is 11.5 Å². The molecule has 32 heavy (non-hydrogen) atoms. The first-order chi connectivity index (χ1) is 15.2. The molecule has 1 saturated heterocycles. The molecule has 172 valence electrons. The van der Waals surface area contributed by atoms with Gasteiger partial charge in [0, 0.05) is 13.2 Å². The molecular weight excluding hydrogens is 432 g/mol. The fourth-order valence-electron chi connectivity index (χ4n) is 3.95. The zero-order valence-electron chi connectivity index (χ0n) is 18.5. The molecular formula is C22H28N4O5S. The molecule has 4 heterocycles. The Morgan fingerprint density at radius 3 is 2.88 bits per heavy atom. The van der Waals surface area contributed by atoms with Gasteiger partial charge in [-0.15, -0.1) is 0 Å². The molecule has 4 rings (SSSR count). The van der Waals surface area contributed by atoms with Gasteiger partial charge >= 0.3 is 0 Å². The Kier molecular flexibility index (Phi) is 6.34. The molecule has 0 aliphatic carbocycles. The summed E-state index contributed by atoms with van der Waals surface area (Å²) in [5, 5.41) is 8.16. The average Bonchev–Trinajstić information content (AvgIpc) is 3.46. The standard InChI is InChI=1S/C22H28N4O5S/c1-14(2)30-10-5-8-23-22(27)17-12-18(19-6-4-9-31-19)24-21-20(17)15(3)25-26(21)16-7-11-32(28,29)13-16/h4,6,9,12,14,16H,5,7-8,10-11,13H2,1-3H3,(H,23,27)/t16-/m0/s1. The van der Waals surface area contributed by atoms with Crippen LogP contribution in [0.1, 0.15) is 48.8 Å². The van der Waals surface area contributed by atoms with E-state index in [2.05, 4.69) is 10.4 Å². The maximum Gasteiger partial charge on any atom is 0.252 e. The lowest BCUT2D eigenvalue weighted by molar-refractivity contribution is 0.0757. The van der Waals surface area contributed by atoms with Gasteiger partial charge in [-0.1, -0.05) is 0 Å². The van der Waals surface area contributed by atoms with Crippen LogP contribution in [0.5, 0.6) is 0 Å². The summed E-state index contributed by atoms with van der Waals surface area (Å²) >= 11 is 0. The smallest absolute Gasteiger partial charge is 0.252 e. The van der Waals surface area contributed by atoms with Crippen LogP contribution in [-0.2, 0) is 14.6 Å². The first-order valence-electron chi connectivity index (χ1n) is 10.8. The highest BCUT2D eigenvalue weighted by atomic mass is 32.2. The van der Waals surface area contributed by atoms with Gasteiger partial charge in [-0.25, -0.2) is 18.1 Å². The highest BCUT2D eigenvalue weighted by Gasteiger charge is 2.32. The number of amides is 1. The minimum absolute atomic E-state index is 0.0211. The van der Waals surface area contributed by atoms with E-state index in [-0.39, 0.29) is 29.6 Å². The Bertz CT molecular complexity index is 1210. The first kappa shape index (κ1) is 22.5. The van der Waals surface area contributed by atoms with Crippen molar-refractivity contribution in [3.05, 3.63) is 35.7 Å². The summed E-state index contributed by atoms with van der Waals surface area (Å²) in [6, 6.07) is 4.92. The molecule has 1 aliphatic rings. The molecule has 0 saturated carbocycles. The minimum atomic E-state index is -3.10. The molecule has 9 nitrogen and oxygen atoms in total. The molecule has 0 spiro atoms. The topological polar surface area (TPSA) is 116 Å². The van der Waals surface area contributed by atoms with Crippen molar-refractivity contribution in [2.75, 3.05) is 24.7 Å². The quantitative estimate of drug-likeness (QED) is 0.514. The molecule has 10 heteroatoms. The second kappa shape index (κ2) is 9.03. The number of pyridine rings is 1. The van der Waals surface area contributed by atoms with Crippen LogP contribution in [0.3, 0.4) is 0 Å². The predicted molar refractivity (Wildman–Crippen MR) is 120 cm³/mol. The van der Waals surface area contributed by atoms with Crippen molar-refractivity contribution in [2.24, 2.45) is 0 Å². The summed E-state index contributed by atoms with van der Waals surface area (Å²) in [7, 11) is -3.10. The SMILES string of the molecule is Cc1nn([C@H]2CCS(=O)(=O)C2)c2nc(-c3ccco3)cc(C(=O)NCCCOC(C)C)c12. The number of carbonyl (C=O) groups excluding carboxylic acids is 1. The lowest BCUT2D eigenvalue weighted by Crippen LogP contribution is -2.26. The van der Waals surface area contributed by atoms with Gasteiger partial charge < -0.3 is 14.5 Å². The van der Waals surface area contributed by atoms with E-state index < -0.39 is 9.84 Å². The average molecular weight is 461 g/mol. The van der Waals surface area contributed by atoms with Crippen LogP contribution in [0.15, 0.2) is 28.9 Å². The lowest BCUT2D eigenvalue weighted by atomic mass is 10.1. The molecule has 1 aliphatic heterocycles. The fourth-order valence-corrected chi connectivity index (χ4v) is 5.65. The second-order valence-electron chi connectivity index (χ2n) is 8.35. The predicted octanol–water partition coefficient (Wildman–Crippen LogP) is 2.90. The number of rotatable bonds is 8. The monoisotopic (exact) mass is 460 g/mol. The number of hydrogen-bond donors (Lipinski definition) is 1. The van der Waals surface area contributed by atoms with Gasteiger partial charge in [0.05, 0.1) is 46.6 Å². The van der Waals surface area contributed by atoms with Gasteiger partial charge in [0.2, 0.25) is 0 Å². The molecule has 3 aromatic heterocycles. The molecule has 1 fully saturated rings. The highest BCUT2D eigenvalue weighted by molar-refractivity contribution is 7.91. The highest BCUT2D eigenvalue weighted by Crippen LogP contribution is 2.32. The third kappa shape index (κ3) is 4.71. The van der Waals surface area contributed by atoms with Crippen LogP contribution in [0, 0.1) is 6.92 Å². The Balaban J connectivity index is 1.70. The molecule has 0 bridgehead atoms. The van der Waals surface area contributed by atoms with Crippen LogP contribution >= 0.6 is 0 Å². The van der Waals surface area contributed by atoms with E-state index in [1.807, 2.05) is 20.8 Å². The largest absolute Gasteiger partial charge is 0.463 e. The second-order valence-corrected chi connectivity index (χ2v) is 10.6. The number of nitrogens with one attached hydrogen (secondary N) is 1. The molecule has 1 amide bonds. The number of furan rings is 1. The Morgan fingerprint density at radius 1 is 1.41 bits per heavy atom. The summed E-state index contributed by atoms with van der Waals surface area (Å²) in [5.41, 5.74) is 2.07. The van der Waals surface area contributed by atoms with Crippen molar-refractivity contribution in [1.29, 1.82) is 0 Å². The van der Waals surface area contributed by atoms with E-state index in [0.29, 0.717) is 59.7 Å². The summed E-state index contributed by atoms with van der Waals surface area (Å²) in [4.78, 5) is 17.8. The molecule has 0 radical (unpaired) electrons. The van der Waals surface area contributed by atoms with Crippen molar-refractivity contribution < 1.29 is 22.4 Å². The van der Waals surface area contributed by atoms with Gasteiger partial charge in [-0.05, 0) is 51.8 Å². The van der Waals surface area contributed by atoms with E-state index in [4.69, 9.17) is 14.1 Å². The Hall–Kier alpha value is -2.72. The number of fused-ring (bicyclic) bond motifs is 1. The molecule has 3 aromatic rings.